The Morgan fingerprint density at radius 1 is 0.960 bits per heavy atom. The van der Waals surface area contributed by atoms with Crippen molar-refractivity contribution in [1.82, 2.24) is 20.3 Å². The quantitative estimate of drug-likeness (QED) is 0.754. The van der Waals surface area contributed by atoms with Gasteiger partial charge in [-0.05, 0) is 43.7 Å². The molecule has 0 saturated carbocycles. The molecular weight excluding hydrogens is 310 g/mol. The van der Waals surface area contributed by atoms with Crippen LogP contribution >= 0.6 is 0 Å². The van der Waals surface area contributed by atoms with Gasteiger partial charge in [0.2, 0.25) is 0 Å². The molecule has 25 heavy (non-hydrogen) atoms. The average Bonchev–Trinajstić information content (AvgIpc) is 2.70. The van der Waals surface area contributed by atoms with Gasteiger partial charge in [-0.1, -0.05) is 24.6 Å². The number of rotatable bonds is 4. The molecule has 5 heteroatoms. The van der Waals surface area contributed by atoms with Gasteiger partial charge < -0.3 is 10.6 Å². The Bertz CT molecular complexity index is 814. The summed E-state index contributed by atoms with van der Waals surface area (Å²) in [6.45, 7) is 1.02. The molecule has 5 nitrogen and oxygen atoms in total. The number of pyridine rings is 1. The average molecular weight is 331 g/mol. The number of benzene rings is 1. The van der Waals surface area contributed by atoms with Gasteiger partial charge in [-0.25, -0.2) is 9.97 Å². The van der Waals surface area contributed by atoms with Crippen molar-refractivity contribution in [2.75, 3.05) is 11.9 Å². The highest BCUT2D eigenvalue weighted by atomic mass is 15.1. The molecule has 1 unspecified atom stereocenters. The van der Waals surface area contributed by atoms with E-state index in [0.29, 0.717) is 0 Å². The molecule has 126 valence electrons. The maximum absolute atomic E-state index is 4.83. The molecule has 2 N–H and O–H groups in total. The summed E-state index contributed by atoms with van der Waals surface area (Å²) >= 11 is 0. The van der Waals surface area contributed by atoms with Crippen LogP contribution in [0.3, 0.4) is 0 Å². The molecule has 1 aliphatic rings. The maximum Gasteiger partial charge on any atom is 0.148 e. The summed E-state index contributed by atoms with van der Waals surface area (Å²) in [5.74, 6) is 1.67. The van der Waals surface area contributed by atoms with Crippen LogP contribution in [0.4, 0.5) is 11.5 Å². The Balaban J connectivity index is 1.72. The lowest BCUT2D eigenvalue weighted by Crippen LogP contribution is -2.28. The third-order valence-corrected chi connectivity index (χ3v) is 4.39. The summed E-state index contributed by atoms with van der Waals surface area (Å²) in [4.78, 5) is 13.7. The van der Waals surface area contributed by atoms with E-state index in [4.69, 9.17) is 9.97 Å². The summed E-state index contributed by atoms with van der Waals surface area (Å²) in [6.07, 6.45) is 7.09. The second kappa shape index (κ2) is 7.40. The van der Waals surface area contributed by atoms with Crippen molar-refractivity contribution in [2.24, 2.45) is 0 Å². The number of aromatic nitrogens is 3. The van der Waals surface area contributed by atoms with E-state index in [1.165, 1.54) is 12.8 Å². The maximum atomic E-state index is 4.83. The van der Waals surface area contributed by atoms with Gasteiger partial charge in [-0.3, -0.25) is 4.98 Å². The molecule has 0 radical (unpaired) electrons. The second-order valence-corrected chi connectivity index (χ2v) is 6.23. The molecule has 0 bridgehead atoms. The van der Waals surface area contributed by atoms with Crippen molar-refractivity contribution in [3.63, 3.8) is 0 Å². The number of hydrogen-bond donors (Lipinski definition) is 2. The number of nitrogens with one attached hydrogen (secondary N) is 2. The van der Waals surface area contributed by atoms with Gasteiger partial charge in [0.05, 0.1) is 11.7 Å². The smallest absolute Gasteiger partial charge is 0.148 e. The van der Waals surface area contributed by atoms with Crippen LogP contribution in [0.15, 0.2) is 60.9 Å². The van der Waals surface area contributed by atoms with Crippen LogP contribution in [0.1, 0.15) is 31.1 Å². The van der Waals surface area contributed by atoms with Gasteiger partial charge in [0.15, 0.2) is 0 Å². The van der Waals surface area contributed by atoms with E-state index < -0.39 is 0 Å². The Morgan fingerprint density at radius 2 is 1.80 bits per heavy atom. The van der Waals surface area contributed by atoms with Crippen molar-refractivity contribution in [2.45, 2.75) is 25.3 Å². The first-order chi connectivity index (χ1) is 12.4. The van der Waals surface area contributed by atoms with Crippen molar-refractivity contribution < 1.29 is 0 Å². The predicted molar refractivity (Wildman–Crippen MR) is 99.6 cm³/mol. The van der Waals surface area contributed by atoms with E-state index in [2.05, 4.69) is 15.6 Å². The van der Waals surface area contributed by atoms with Crippen molar-refractivity contribution in [3.8, 4) is 11.3 Å². The largest absolute Gasteiger partial charge is 0.340 e. The number of para-hydroxylation sites is 1. The van der Waals surface area contributed by atoms with Crippen LogP contribution in [0.25, 0.3) is 11.3 Å². The van der Waals surface area contributed by atoms with Crippen LogP contribution in [-0.4, -0.2) is 21.5 Å². The van der Waals surface area contributed by atoms with Crippen LogP contribution in [0, 0.1) is 0 Å². The van der Waals surface area contributed by atoms with E-state index in [-0.39, 0.29) is 6.04 Å². The van der Waals surface area contributed by atoms with Crippen LogP contribution in [0.5, 0.6) is 0 Å². The number of piperidine rings is 1. The van der Waals surface area contributed by atoms with Gasteiger partial charge in [-0.2, -0.15) is 0 Å². The monoisotopic (exact) mass is 331 g/mol. The first-order valence-corrected chi connectivity index (χ1v) is 8.73. The fraction of sp³-hybridized carbons (Fsp3) is 0.250. The Hall–Kier alpha value is -2.79. The zero-order valence-electron chi connectivity index (χ0n) is 14.0. The Labute approximate surface area is 147 Å². The lowest BCUT2D eigenvalue weighted by molar-refractivity contribution is 0.398. The van der Waals surface area contributed by atoms with Gasteiger partial charge in [0.1, 0.15) is 11.6 Å². The summed E-state index contributed by atoms with van der Waals surface area (Å²) < 4.78 is 0. The molecule has 0 amide bonds. The molecule has 1 aliphatic heterocycles. The molecular formula is C20H21N5. The third-order valence-electron chi connectivity index (χ3n) is 4.39. The third kappa shape index (κ3) is 3.83. The SMILES string of the molecule is c1ccc(Nc2cc(-c3ccncc3)nc(C3CCCCN3)n2)cc1. The van der Waals surface area contributed by atoms with E-state index in [9.17, 15) is 0 Å². The molecule has 3 heterocycles. The van der Waals surface area contributed by atoms with Gasteiger partial charge >= 0.3 is 0 Å². The first-order valence-electron chi connectivity index (χ1n) is 8.73. The first kappa shape index (κ1) is 15.7. The molecule has 0 aliphatic carbocycles. The van der Waals surface area contributed by atoms with E-state index >= 15 is 0 Å². The van der Waals surface area contributed by atoms with Gasteiger partial charge in [0.25, 0.3) is 0 Å². The highest BCUT2D eigenvalue weighted by Crippen LogP contribution is 2.26. The van der Waals surface area contributed by atoms with E-state index in [1.807, 2.05) is 48.5 Å². The fourth-order valence-electron chi connectivity index (χ4n) is 3.10. The molecule has 3 aromatic rings. The lowest BCUT2D eigenvalue weighted by Gasteiger charge is -2.23. The zero-order valence-corrected chi connectivity index (χ0v) is 14.0. The molecule has 0 spiro atoms. The standard InChI is InChI=1S/C20H21N5/c1-2-6-16(7-3-1)23-19-14-18(15-9-12-21-13-10-15)24-20(25-19)17-8-4-5-11-22-17/h1-3,6-7,9-10,12-14,17,22H,4-5,8,11H2,(H,23,24,25). The molecule has 1 atom stereocenters. The fourth-order valence-corrected chi connectivity index (χ4v) is 3.10. The van der Waals surface area contributed by atoms with Crippen LogP contribution in [0.2, 0.25) is 0 Å². The normalized spacial score (nSPS) is 17.2. The molecule has 2 aromatic heterocycles. The summed E-state index contributed by atoms with van der Waals surface area (Å²) in [6, 6.07) is 16.3. The molecule has 1 aromatic carbocycles. The highest BCUT2D eigenvalue weighted by Gasteiger charge is 2.19. The highest BCUT2D eigenvalue weighted by molar-refractivity contribution is 5.65. The van der Waals surface area contributed by atoms with Crippen molar-refractivity contribution in [1.29, 1.82) is 0 Å². The summed E-state index contributed by atoms with van der Waals surface area (Å²) in [7, 11) is 0. The van der Waals surface area contributed by atoms with Gasteiger partial charge in [0, 0.05) is 29.7 Å². The Morgan fingerprint density at radius 3 is 2.56 bits per heavy atom. The molecule has 1 fully saturated rings. The topological polar surface area (TPSA) is 62.7 Å². The zero-order chi connectivity index (χ0) is 16.9. The predicted octanol–water partition coefficient (Wildman–Crippen LogP) is 4.10. The number of hydrogen-bond acceptors (Lipinski definition) is 5. The van der Waals surface area contributed by atoms with Crippen molar-refractivity contribution >= 4 is 11.5 Å². The second-order valence-electron chi connectivity index (χ2n) is 6.23. The summed E-state index contributed by atoms with van der Waals surface area (Å²) in [5, 5.41) is 6.94. The lowest BCUT2D eigenvalue weighted by atomic mass is 10.0. The minimum absolute atomic E-state index is 0.215. The Kier molecular flexibility index (Phi) is 4.65. The summed E-state index contributed by atoms with van der Waals surface area (Å²) in [5.41, 5.74) is 2.98. The minimum Gasteiger partial charge on any atom is -0.340 e. The number of anilines is 2. The van der Waals surface area contributed by atoms with Crippen molar-refractivity contribution in [3.05, 3.63) is 66.7 Å². The van der Waals surface area contributed by atoms with E-state index in [1.54, 1.807) is 12.4 Å². The molecule has 4 rings (SSSR count). The minimum atomic E-state index is 0.215. The van der Waals surface area contributed by atoms with Crippen LogP contribution in [-0.2, 0) is 0 Å². The molecule has 1 saturated heterocycles. The van der Waals surface area contributed by atoms with Crippen LogP contribution < -0.4 is 10.6 Å². The number of nitrogens with zero attached hydrogens (tertiary/aromatic N) is 3. The van der Waals surface area contributed by atoms with Gasteiger partial charge in [-0.15, -0.1) is 0 Å². The van der Waals surface area contributed by atoms with E-state index in [0.717, 1.165) is 41.6 Å².